The molecule has 3 rings (SSSR count). The molecule has 1 aliphatic rings. The normalized spacial score (nSPS) is 23.4. The summed E-state index contributed by atoms with van der Waals surface area (Å²) in [5, 5.41) is 11.0. The SMILES string of the molecule is Cc1nc(CCNCc2cnn([C@]3(C)CCS(=O)(=O)C3)c2)cs1. The average Bonchev–Trinajstić information content (AvgIpc) is 3.16. The van der Waals surface area contributed by atoms with E-state index >= 15 is 0 Å². The van der Waals surface area contributed by atoms with E-state index in [1.54, 1.807) is 11.3 Å². The molecule has 1 aliphatic heterocycles. The molecule has 0 aliphatic carbocycles. The minimum absolute atomic E-state index is 0.178. The molecule has 3 heterocycles. The largest absolute Gasteiger partial charge is 0.312 e. The number of hydrogen-bond acceptors (Lipinski definition) is 6. The molecule has 2 aromatic rings. The summed E-state index contributed by atoms with van der Waals surface area (Å²) in [6.07, 6.45) is 5.32. The number of hydrogen-bond donors (Lipinski definition) is 1. The lowest BCUT2D eigenvalue weighted by molar-refractivity contribution is 0.328. The van der Waals surface area contributed by atoms with Gasteiger partial charge in [-0.05, 0) is 20.3 Å². The first-order valence-corrected chi connectivity index (χ1v) is 10.4. The van der Waals surface area contributed by atoms with Crippen molar-refractivity contribution in [2.24, 2.45) is 0 Å². The summed E-state index contributed by atoms with van der Waals surface area (Å²) in [6.45, 7) is 5.57. The van der Waals surface area contributed by atoms with Crippen LogP contribution in [0.25, 0.3) is 0 Å². The minimum Gasteiger partial charge on any atom is -0.312 e. The molecule has 0 spiro atoms. The summed E-state index contributed by atoms with van der Waals surface area (Å²) in [6, 6.07) is 0. The van der Waals surface area contributed by atoms with Gasteiger partial charge in [0.2, 0.25) is 0 Å². The van der Waals surface area contributed by atoms with Crippen molar-refractivity contribution in [2.75, 3.05) is 18.1 Å². The van der Waals surface area contributed by atoms with Gasteiger partial charge in [0.15, 0.2) is 9.84 Å². The molecule has 1 N–H and O–H groups in total. The smallest absolute Gasteiger partial charge is 0.152 e. The van der Waals surface area contributed by atoms with Crippen molar-refractivity contribution in [3.05, 3.63) is 34.0 Å². The third-order valence-electron chi connectivity index (χ3n) is 4.23. The van der Waals surface area contributed by atoms with Crippen LogP contribution in [0.15, 0.2) is 17.8 Å². The van der Waals surface area contributed by atoms with Gasteiger partial charge in [-0.15, -0.1) is 11.3 Å². The second-order valence-corrected chi connectivity index (χ2v) is 9.66. The molecule has 1 saturated heterocycles. The molecule has 0 saturated carbocycles. The molecule has 6 nitrogen and oxygen atoms in total. The van der Waals surface area contributed by atoms with E-state index in [-0.39, 0.29) is 11.5 Å². The van der Waals surface area contributed by atoms with Crippen molar-refractivity contribution >= 4 is 21.2 Å². The summed E-state index contributed by atoms with van der Waals surface area (Å²) in [5.41, 5.74) is 1.79. The Kier molecular flexibility index (Phi) is 4.57. The highest BCUT2D eigenvalue weighted by Gasteiger charge is 2.40. The summed E-state index contributed by atoms with van der Waals surface area (Å²) < 4.78 is 25.2. The molecule has 23 heavy (non-hydrogen) atoms. The van der Waals surface area contributed by atoms with Crippen LogP contribution in [-0.2, 0) is 28.3 Å². The highest BCUT2D eigenvalue weighted by atomic mass is 32.2. The van der Waals surface area contributed by atoms with E-state index in [1.165, 1.54) is 0 Å². The first-order valence-electron chi connectivity index (χ1n) is 7.73. The van der Waals surface area contributed by atoms with Crippen LogP contribution in [0.4, 0.5) is 0 Å². The molecule has 8 heteroatoms. The monoisotopic (exact) mass is 354 g/mol. The summed E-state index contributed by atoms with van der Waals surface area (Å²) >= 11 is 1.67. The second kappa shape index (κ2) is 6.33. The van der Waals surface area contributed by atoms with Gasteiger partial charge in [0.25, 0.3) is 0 Å². The Morgan fingerprint density at radius 2 is 2.30 bits per heavy atom. The molecule has 0 aromatic carbocycles. The molecule has 0 unspecified atom stereocenters. The van der Waals surface area contributed by atoms with Gasteiger partial charge in [0.1, 0.15) is 0 Å². The van der Waals surface area contributed by atoms with E-state index in [0.29, 0.717) is 6.42 Å². The zero-order chi connectivity index (χ0) is 16.5. The van der Waals surface area contributed by atoms with Crippen LogP contribution in [0.3, 0.4) is 0 Å². The van der Waals surface area contributed by atoms with Crippen LogP contribution in [0.1, 0.15) is 29.6 Å². The predicted molar refractivity (Wildman–Crippen MR) is 91.4 cm³/mol. The van der Waals surface area contributed by atoms with Crippen molar-refractivity contribution < 1.29 is 8.42 Å². The zero-order valence-electron chi connectivity index (χ0n) is 13.4. The zero-order valence-corrected chi connectivity index (χ0v) is 15.1. The number of nitrogens with zero attached hydrogens (tertiary/aromatic N) is 3. The lowest BCUT2D eigenvalue weighted by atomic mass is 10.0. The first-order chi connectivity index (χ1) is 10.9. The van der Waals surface area contributed by atoms with Gasteiger partial charge < -0.3 is 5.32 Å². The Bertz CT molecular complexity index is 781. The maximum absolute atomic E-state index is 11.7. The molecular formula is C15H22N4O2S2. The van der Waals surface area contributed by atoms with Crippen molar-refractivity contribution in [2.45, 2.75) is 38.8 Å². The van der Waals surface area contributed by atoms with Crippen LogP contribution in [0.5, 0.6) is 0 Å². The summed E-state index contributed by atoms with van der Waals surface area (Å²) in [7, 11) is -2.92. The van der Waals surface area contributed by atoms with Crippen LogP contribution in [-0.4, -0.2) is 41.2 Å². The van der Waals surface area contributed by atoms with Crippen LogP contribution < -0.4 is 5.32 Å². The Morgan fingerprint density at radius 3 is 2.96 bits per heavy atom. The fourth-order valence-corrected chi connectivity index (χ4v) is 5.66. The number of aryl methyl sites for hydroxylation is 1. The standard InChI is InChI=1S/C15H22N4O2S2/c1-12-18-14(10-22-12)3-5-16-7-13-8-17-19(9-13)15(2)4-6-23(20,21)11-15/h8-10,16H,3-7,11H2,1-2H3/t15-/m1/s1. The maximum atomic E-state index is 11.7. The molecule has 0 bridgehead atoms. The van der Waals surface area contributed by atoms with E-state index in [4.69, 9.17) is 0 Å². The van der Waals surface area contributed by atoms with Gasteiger partial charge in [0.05, 0.1) is 33.9 Å². The van der Waals surface area contributed by atoms with Gasteiger partial charge in [0, 0.05) is 36.7 Å². The first kappa shape index (κ1) is 16.6. The van der Waals surface area contributed by atoms with Crippen LogP contribution >= 0.6 is 11.3 Å². The summed E-state index contributed by atoms with van der Waals surface area (Å²) in [5.74, 6) is 0.432. The third kappa shape index (κ3) is 3.99. The maximum Gasteiger partial charge on any atom is 0.152 e. The van der Waals surface area contributed by atoms with Crippen molar-refractivity contribution in [1.82, 2.24) is 20.1 Å². The molecule has 126 valence electrons. The Labute approximate surface area is 140 Å². The van der Waals surface area contributed by atoms with Gasteiger partial charge in [-0.1, -0.05) is 0 Å². The van der Waals surface area contributed by atoms with E-state index in [1.807, 2.05) is 30.9 Å². The topological polar surface area (TPSA) is 76.9 Å². The minimum atomic E-state index is -2.92. The van der Waals surface area contributed by atoms with E-state index in [9.17, 15) is 8.42 Å². The predicted octanol–water partition coefficient (Wildman–Crippen LogP) is 1.51. The molecule has 0 radical (unpaired) electrons. The van der Waals surface area contributed by atoms with E-state index < -0.39 is 15.4 Å². The van der Waals surface area contributed by atoms with Crippen molar-refractivity contribution in [3.8, 4) is 0 Å². The number of aromatic nitrogens is 3. The lowest BCUT2D eigenvalue weighted by Gasteiger charge is -2.22. The van der Waals surface area contributed by atoms with Crippen LogP contribution in [0, 0.1) is 6.92 Å². The van der Waals surface area contributed by atoms with Gasteiger partial charge in [-0.3, -0.25) is 4.68 Å². The number of thiazole rings is 1. The molecule has 0 amide bonds. The average molecular weight is 355 g/mol. The third-order valence-corrected chi connectivity index (χ3v) is 6.94. The number of sulfone groups is 1. The van der Waals surface area contributed by atoms with E-state index in [0.717, 1.165) is 35.8 Å². The molecular weight excluding hydrogens is 332 g/mol. The molecule has 1 atom stereocenters. The molecule has 2 aromatic heterocycles. The fourth-order valence-electron chi connectivity index (χ4n) is 2.89. The highest BCUT2D eigenvalue weighted by molar-refractivity contribution is 7.91. The Hall–Kier alpha value is -1.25. The second-order valence-electron chi connectivity index (χ2n) is 6.42. The van der Waals surface area contributed by atoms with Gasteiger partial charge in [-0.25, -0.2) is 13.4 Å². The number of nitrogens with one attached hydrogen (secondary N) is 1. The Balaban J connectivity index is 1.52. The van der Waals surface area contributed by atoms with Crippen molar-refractivity contribution in [3.63, 3.8) is 0 Å². The quantitative estimate of drug-likeness (QED) is 0.796. The lowest BCUT2D eigenvalue weighted by Crippen LogP contribution is -2.31. The summed E-state index contributed by atoms with van der Waals surface area (Å²) in [4.78, 5) is 4.44. The van der Waals surface area contributed by atoms with Crippen molar-refractivity contribution in [1.29, 1.82) is 0 Å². The molecule has 1 fully saturated rings. The Morgan fingerprint density at radius 1 is 1.48 bits per heavy atom. The van der Waals surface area contributed by atoms with E-state index in [2.05, 4.69) is 20.8 Å². The number of rotatable bonds is 6. The fraction of sp³-hybridized carbons (Fsp3) is 0.600. The van der Waals surface area contributed by atoms with Crippen LogP contribution in [0.2, 0.25) is 0 Å². The highest BCUT2D eigenvalue weighted by Crippen LogP contribution is 2.30. The van der Waals surface area contributed by atoms with Gasteiger partial charge >= 0.3 is 0 Å². The van der Waals surface area contributed by atoms with Gasteiger partial charge in [-0.2, -0.15) is 5.10 Å².